The Bertz CT molecular complexity index is 748. The van der Waals surface area contributed by atoms with Crippen LogP contribution in [0.5, 0.6) is 11.5 Å². The minimum Gasteiger partial charge on any atom is -0.493 e. The third kappa shape index (κ3) is 6.41. The van der Waals surface area contributed by atoms with Crippen LogP contribution in [0.1, 0.15) is 29.3 Å². The molecule has 1 N–H and O–H groups in total. The minimum atomic E-state index is -0.260. The zero-order valence-electron chi connectivity index (χ0n) is 14.7. The van der Waals surface area contributed by atoms with Crippen LogP contribution >= 0.6 is 11.6 Å². The Labute approximate surface area is 158 Å². The van der Waals surface area contributed by atoms with E-state index in [1.807, 2.05) is 25.1 Å². The molecule has 6 heteroatoms. The van der Waals surface area contributed by atoms with Crippen molar-refractivity contribution < 1.29 is 19.1 Å². The van der Waals surface area contributed by atoms with Crippen molar-refractivity contribution in [3.8, 4) is 11.5 Å². The molecule has 26 heavy (non-hydrogen) atoms. The van der Waals surface area contributed by atoms with Gasteiger partial charge in [-0.2, -0.15) is 0 Å². The smallest absolute Gasteiger partial charge is 0.257 e. The van der Waals surface area contributed by atoms with Crippen molar-refractivity contribution >= 4 is 23.8 Å². The molecule has 5 nitrogen and oxygen atoms in total. The lowest BCUT2D eigenvalue weighted by Crippen LogP contribution is -2.30. The van der Waals surface area contributed by atoms with Gasteiger partial charge in [-0.25, -0.2) is 0 Å². The summed E-state index contributed by atoms with van der Waals surface area (Å²) in [6, 6.07) is 12.4. The molecule has 1 amide bonds. The molecule has 0 aromatic heterocycles. The van der Waals surface area contributed by atoms with E-state index in [0.717, 1.165) is 12.0 Å². The Morgan fingerprint density at radius 2 is 2.04 bits per heavy atom. The molecule has 2 rings (SSSR count). The first-order valence-electron chi connectivity index (χ1n) is 8.48. The number of carbonyl (C=O) groups is 2. The highest BCUT2D eigenvalue weighted by Crippen LogP contribution is 2.24. The van der Waals surface area contributed by atoms with Gasteiger partial charge in [-0.3, -0.25) is 9.59 Å². The summed E-state index contributed by atoms with van der Waals surface area (Å²) in [6.07, 6.45) is 2.24. The van der Waals surface area contributed by atoms with Gasteiger partial charge >= 0.3 is 0 Å². The van der Waals surface area contributed by atoms with E-state index in [9.17, 15) is 9.59 Å². The Balaban J connectivity index is 1.83. The predicted molar refractivity (Wildman–Crippen MR) is 101 cm³/mol. The molecule has 138 valence electrons. The zero-order chi connectivity index (χ0) is 18.8. The molecule has 0 heterocycles. The van der Waals surface area contributed by atoms with Gasteiger partial charge < -0.3 is 14.8 Å². The van der Waals surface area contributed by atoms with Crippen molar-refractivity contribution in [2.24, 2.45) is 0 Å². The lowest BCUT2D eigenvalue weighted by Gasteiger charge is -2.11. The Hall–Kier alpha value is -2.53. The van der Waals surface area contributed by atoms with Crippen LogP contribution in [0.2, 0.25) is 5.02 Å². The molecule has 0 radical (unpaired) electrons. The summed E-state index contributed by atoms with van der Waals surface area (Å²) in [5.41, 5.74) is 1.42. The van der Waals surface area contributed by atoms with Gasteiger partial charge in [0.2, 0.25) is 0 Å². The molecule has 0 saturated carbocycles. The quantitative estimate of drug-likeness (QED) is 0.643. The summed E-state index contributed by atoms with van der Waals surface area (Å²) in [7, 11) is 0. The number of hydrogen-bond acceptors (Lipinski definition) is 4. The summed E-state index contributed by atoms with van der Waals surface area (Å²) in [5.74, 6) is 0.677. The Morgan fingerprint density at radius 1 is 1.19 bits per heavy atom. The minimum absolute atomic E-state index is 0.173. The average molecular weight is 376 g/mol. The van der Waals surface area contributed by atoms with Gasteiger partial charge in [0, 0.05) is 17.6 Å². The number of nitrogens with one attached hydrogen (secondary N) is 1. The SMILES string of the molecule is CCCOc1ccc(C=O)c(OCC(=O)NCCc2cccc(Cl)c2)c1. The predicted octanol–water partition coefficient (Wildman–Crippen LogP) is 3.68. The first kappa shape index (κ1) is 19.8. The molecule has 0 saturated heterocycles. The molecule has 0 atom stereocenters. The van der Waals surface area contributed by atoms with Crippen LogP contribution in [-0.4, -0.2) is 32.0 Å². The number of hydrogen-bond donors (Lipinski definition) is 1. The fourth-order valence-electron chi connectivity index (χ4n) is 2.28. The molecule has 0 aliphatic heterocycles. The second kappa shape index (κ2) is 10.5. The van der Waals surface area contributed by atoms with Gasteiger partial charge in [-0.15, -0.1) is 0 Å². The van der Waals surface area contributed by atoms with E-state index >= 15 is 0 Å². The summed E-state index contributed by atoms with van der Waals surface area (Å²) in [6.45, 7) is 2.88. The first-order valence-corrected chi connectivity index (χ1v) is 8.86. The van der Waals surface area contributed by atoms with Gasteiger partial charge in [0.05, 0.1) is 12.2 Å². The molecule has 0 bridgehead atoms. The molecule has 2 aromatic carbocycles. The highest BCUT2D eigenvalue weighted by Gasteiger charge is 2.08. The largest absolute Gasteiger partial charge is 0.493 e. The first-order chi connectivity index (χ1) is 12.6. The maximum absolute atomic E-state index is 11.9. The van der Waals surface area contributed by atoms with Crippen LogP contribution in [0.4, 0.5) is 0 Å². The molecular formula is C20H22ClNO4. The van der Waals surface area contributed by atoms with E-state index in [1.54, 1.807) is 24.3 Å². The third-order valence-electron chi connectivity index (χ3n) is 3.57. The maximum atomic E-state index is 11.9. The van der Waals surface area contributed by atoms with Crippen molar-refractivity contribution in [2.45, 2.75) is 19.8 Å². The van der Waals surface area contributed by atoms with E-state index in [4.69, 9.17) is 21.1 Å². The van der Waals surface area contributed by atoms with Crippen molar-refractivity contribution in [1.29, 1.82) is 0 Å². The number of ether oxygens (including phenoxy) is 2. The van der Waals surface area contributed by atoms with E-state index < -0.39 is 0 Å². The van der Waals surface area contributed by atoms with Crippen LogP contribution in [0, 0.1) is 0 Å². The van der Waals surface area contributed by atoms with E-state index in [0.29, 0.717) is 47.9 Å². The normalized spacial score (nSPS) is 10.2. The molecule has 0 unspecified atom stereocenters. The third-order valence-corrected chi connectivity index (χ3v) is 3.80. The lowest BCUT2D eigenvalue weighted by atomic mass is 10.1. The topological polar surface area (TPSA) is 64.6 Å². The second-order valence-corrected chi connectivity index (χ2v) is 6.12. The lowest BCUT2D eigenvalue weighted by molar-refractivity contribution is -0.123. The van der Waals surface area contributed by atoms with Crippen LogP contribution in [0.15, 0.2) is 42.5 Å². The summed E-state index contributed by atoms with van der Waals surface area (Å²) >= 11 is 5.93. The van der Waals surface area contributed by atoms with E-state index in [-0.39, 0.29) is 12.5 Å². The highest BCUT2D eigenvalue weighted by atomic mass is 35.5. The molecule has 0 aliphatic carbocycles. The van der Waals surface area contributed by atoms with Crippen molar-refractivity contribution in [2.75, 3.05) is 19.8 Å². The zero-order valence-corrected chi connectivity index (χ0v) is 15.4. The van der Waals surface area contributed by atoms with Gasteiger partial charge in [0.25, 0.3) is 5.91 Å². The molecule has 0 spiro atoms. The summed E-state index contributed by atoms with van der Waals surface area (Å²) in [5, 5.41) is 3.45. The fourth-order valence-corrected chi connectivity index (χ4v) is 2.49. The number of aldehydes is 1. The van der Waals surface area contributed by atoms with Crippen LogP contribution in [0.3, 0.4) is 0 Å². The number of carbonyl (C=O) groups excluding carboxylic acids is 2. The fraction of sp³-hybridized carbons (Fsp3) is 0.300. The van der Waals surface area contributed by atoms with Gasteiger partial charge in [0.1, 0.15) is 11.5 Å². The average Bonchev–Trinajstić information content (AvgIpc) is 2.65. The number of benzene rings is 2. The highest BCUT2D eigenvalue weighted by molar-refractivity contribution is 6.30. The van der Waals surface area contributed by atoms with E-state index in [1.165, 1.54) is 0 Å². The second-order valence-electron chi connectivity index (χ2n) is 5.68. The molecule has 2 aromatic rings. The van der Waals surface area contributed by atoms with Gasteiger partial charge in [-0.05, 0) is 42.7 Å². The summed E-state index contributed by atoms with van der Waals surface area (Å²) < 4.78 is 11.0. The number of halogens is 1. The maximum Gasteiger partial charge on any atom is 0.257 e. The van der Waals surface area contributed by atoms with Gasteiger partial charge in [-0.1, -0.05) is 30.7 Å². The Morgan fingerprint density at radius 3 is 2.77 bits per heavy atom. The van der Waals surface area contributed by atoms with Crippen LogP contribution in [0.25, 0.3) is 0 Å². The number of rotatable bonds is 10. The molecule has 0 aliphatic rings. The van der Waals surface area contributed by atoms with Crippen LogP contribution in [-0.2, 0) is 11.2 Å². The monoisotopic (exact) mass is 375 g/mol. The Kier molecular flexibility index (Phi) is 7.96. The summed E-state index contributed by atoms with van der Waals surface area (Å²) in [4.78, 5) is 23.1. The van der Waals surface area contributed by atoms with Crippen molar-refractivity contribution in [1.82, 2.24) is 5.32 Å². The van der Waals surface area contributed by atoms with Crippen LogP contribution < -0.4 is 14.8 Å². The molecule has 0 fully saturated rings. The standard InChI is InChI=1S/C20H22ClNO4/c1-2-10-25-18-7-6-16(13-23)19(12-18)26-14-20(24)22-9-8-15-4-3-5-17(21)11-15/h3-7,11-13H,2,8-10,14H2,1H3,(H,22,24). The van der Waals surface area contributed by atoms with Crippen molar-refractivity contribution in [3.05, 3.63) is 58.6 Å². The van der Waals surface area contributed by atoms with Crippen molar-refractivity contribution in [3.63, 3.8) is 0 Å². The van der Waals surface area contributed by atoms with E-state index in [2.05, 4.69) is 5.32 Å². The molecular weight excluding hydrogens is 354 g/mol. The van der Waals surface area contributed by atoms with Gasteiger partial charge in [0.15, 0.2) is 12.9 Å². The number of amides is 1.